The Bertz CT molecular complexity index is 1260. The third-order valence-corrected chi connectivity index (χ3v) is 8.25. The largest absolute Gasteiger partial charge is 0.390 e. The first-order valence-corrected chi connectivity index (χ1v) is 11.5. The van der Waals surface area contributed by atoms with Crippen LogP contribution in [0.5, 0.6) is 0 Å². The van der Waals surface area contributed by atoms with Gasteiger partial charge in [-0.1, -0.05) is 12.1 Å². The van der Waals surface area contributed by atoms with Gasteiger partial charge < -0.3 is 14.9 Å². The van der Waals surface area contributed by atoms with E-state index in [0.29, 0.717) is 0 Å². The second-order valence-electron chi connectivity index (χ2n) is 10.5. The van der Waals surface area contributed by atoms with Gasteiger partial charge >= 0.3 is 0 Å². The number of hydrogen-bond donors (Lipinski definition) is 1. The summed E-state index contributed by atoms with van der Waals surface area (Å²) in [6, 6.07) is 8.48. The number of aliphatic hydroxyl groups is 1. The van der Waals surface area contributed by atoms with Gasteiger partial charge in [0.1, 0.15) is 12.1 Å². The fourth-order valence-corrected chi connectivity index (χ4v) is 6.09. The number of hydrogen-bond acceptors (Lipinski definition) is 5. The van der Waals surface area contributed by atoms with Gasteiger partial charge in [-0.2, -0.15) is 5.10 Å². The molecule has 7 heteroatoms. The van der Waals surface area contributed by atoms with Crippen molar-refractivity contribution in [1.29, 1.82) is 0 Å². The summed E-state index contributed by atoms with van der Waals surface area (Å²) in [5.41, 5.74) is 1.25. The fraction of sp³-hybridized carbons (Fsp3) is 0.520. The molecule has 6 rings (SSSR count). The van der Waals surface area contributed by atoms with E-state index in [1.165, 1.54) is 12.8 Å². The zero-order valence-electron chi connectivity index (χ0n) is 18.8. The molecule has 3 aliphatic rings. The quantitative estimate of drug-likeness (QED) is 0.634. The fourth-order valence-electron chi connectivity index (χ4n) is 6.09. The first-order chi connectivity index (χ1) is 15.3. The van der Waals surface area contributed by atoms with Crippen LogP contribution in [0.15, 0.2) is 36.8 Å². The van der Waals surface area contributed by atoms with Gasteiger partial charge in [-0.05, 0) is 46.1 Å². The van der Waals surface area contributed by atoms with Crippen molar-refractivity contribution < 1.29 is 5.11 Å². The molecule has 0 amide bonds. The van der Waals surface area contributed by atoms with E-state index in [0.717, 1.165) is 47.5 Å². The molecule has 1 aromatic carbocycles. The molecule has 3 heterocycles. The predicted octanol–water partition coefficient (Wildman–Crippen LogP) is 4.10. The van der Waals surface area contributed by atoms with Crippen LogP contribution in [0.1, 0.15) is 52.0 Å². The van der Waals surface area contributed by atoms with Crippen LogP contribution in [-0.4, -0.2) is 43.0 Å². The van der Waals surface area contributed by atoms with Gasteiger partial charge in [-0.25, -0.2) is 21.2 Å². The SMILES string of the molecule is [C-]#[N+][C@]1(c2ccc3cnn(-c4cc(N5CC[C@H](C(C)(C)O)[C@@H]5C)ncn4)c3c2)CC12CC2. The Kier molecular flexibility index (Phi) is 3.87. The van der Waals surface area contributed by atoms with Crippen LogP contribution < -0.4 is 4.90 Å². The molecular formula is C25H28N6O. The summed E-state index contributed by atoms with van der Waals surface area (Å²) < 4.78 is 1.86. The highest BCUT2D eigenvalue weighted by molar-refractivity contribution is 5.81. The molecule has 2 aliphatic carbocycles. The van der Waals surface area contributed by atoms with Crippen molar-refractivity contribution in [2.75, 3.05) is 11.4 Å². The molecule has 3 atom stereocenters. The summed E-state index contributed by atoms with van der Waals surface area (Å²) in [5.74, 6) is 1.76. The molecule has 0 bridgehead atoms. The van der Waals surface area contributed by atoms with Crippen LogP contribution in [0.4, 0.5) is 5.82 Å². The zero-order chi connectivity index (χ0) is 22.3. The first-order valence-electron chi connectivity index (χ1n) is 11.5. The highest BCUT2D eigenvalue weighted by Crippen LogP contribution is 2.79. The van der Waals surface area contributed by atoms with E-state index in [-0.39, 0.29) is 22.9 Å². The van der Waals surface area contributed by atoms with E-state index in [9.17, 15) is 5.11 Å². The van der Waals surface area contributed by atoms with Crippen molar-refractivity contribution in [3.63, 3.8) is 0 Å². The summed E-state index contributed by atoms with van der Waals surface area (Å²) in [4.78, 5) is 15.4. The second-order valence-corrected chi connectivity index (χ2v) is 10.5. The summed E-state index contributed by atoms with van der Waals surface area (Å²) in [5, 5.41) is 16.2. The van der Waals surface area contributed by atoms with Crippen molar-refractivity contribution >= 4 is 16.7 Å². The van der Waals surface area contributed by atoms with E-state index in [4.69, 9.17) is 6.57 Å². The minimum absolute atomic E-state index is 0.182. The van der Waals surface area contributed by atoms with Crippen LogP contribution in [-0.2, 0) is 5.54 Å². The molecule has 0 radical (unpaired) electrons. The lowest BCUT2D eigenvalue weighted by molar-refractivity contribution is 0.0156. The van der Waals surface area contributed by atoms with E-state index in [1.807, 2.05) is 30.8 Å². The summed E-state index contributed by atoms with van der Waals surface area (Å²) in [7, 11) is 0. The van der Waals surface area contributed by atoms with Crippen molar-refractivity contribution in [3.8, 4) is 5.82 Å². The van der Waals surface area contributed by atoms with Crippen LogP contribution in [0.2, 0.25) is 0 Å². The van der Waals surface area contributed by atoms with E-state index in [1.54, 1.807) is 6.33 Å². The molecular weight excluding hydrogens is 400 g/mol. The van der Waals surface area contributed by atoms with Crippen molar-refractivity contribution in [3.05, 3.63) is 53.8 Å². The van der Waals surface area contributed by atoms with Crippen LogP contribution in [0.25, 0.3) is 21.6 Å². The van der Waals surface area contributed by atoms with Crippen molar-refractivity contribution in [2.45, 2.75) is 63.6 Å². The van der Waals surface area contributed by atoms with Gasteiger partial charge in [0, 0.05) is 41.9 Å². The molecule has 2 aromatic heterocycles. The molecule has 2 saturated carbocycles. The van der Waals surface area contributed by atoms with Crippen molar-refractivity contribution in [2.24, 2.45) is 11.3 Å². The molecule has 1 spiro atoms. The van der Waals surface area contributed by atoms with Gasteiger partial charge in [0.15, 0.2) is 5.82 Å². The van der Waals surface area contributed by atoms with Crippen molar-refractivity contribution in [1.82, 2.24) is 19.7 Å². The second kappa shape index (κ2) is 6.29. The maximum Gasteiger partial charge on any atom is 0.264 e. The number of nitrogens with zero attached hydrogens (tertiary/aromatic N) is 6. The predicted molar refractivity (Wildman–Crippen MR) is 122 cm³/mol. The first kappa shape index (κ1) is 19.7. The molecule has 3 aromatic rings. The Hall–Kier alpha value is -2.98. The number of rotatable bonds is 4. The van der Waals surface area contributed by atoms with E-state index < -0.39 is 5.60 Å². The third-order valence-electron chi connectivity index (χ3n) is 8.25. The maximum absolute atomic E-state index is 10.5. The molecule has 7 nitrogen and oxygen atoms in total. The van der Waals surface area contributed by atoms with Crippen LogP contribution in [0.3, 0.4) is 0 Å². The molecule has 1 aliphatic heterocycles. The minimum atomic E-state index is -0.723. The van der Waals surface area contributed by atoms with Gasteiger partial charge in [0.25, 0.3) is 5.54 Å². The Morgan fingerprint density at radius 1 is 1.19 bits per heavy atom. The van der Waals surface area contributed by atoms with E-state index >= 15 is 0 Å². The summed E-state index contributed by atoms with van der Waals surface area (Å²) >= 11 is 0. The Morgan fingerprint density at radius 2 is 1.97 bits per heavy atom. The Labute approximate surface area is 187 Å². The number of fused-ring (bicyclic) bond motifs is 1. The van der Waals surface area contributed by atoms with Gasteiger partial charge in [-0.15, -0.1) is 0 Å². The number of benzene rings is 1. The average Bonchev–Trinajstić information content (AvgIpc) is 3.57. The maximum atomic E-state index is 10.5. The average molecular weight is 429 g/mol. The van der Waals surface area contributed by atoms with Gasteiger partial charge in [-0.3, -0.25) is 0 Å². The highest BCUT2D eigenvalue weighted by atomic mass is 16.3. The summed E-state index contributed by atoms with van der Waals surface area (Å²) in [6.07, 6.45) is 7.69. The molecule has 0 unspecified atom stereocenters. The van der Waals surface area contributed by atoms with Crippen LogP contribution in [0, 0.1) is 17.9 Å². The number of aromatic nitrogens is 4. The van der Waals surface area contributed by atoms with Gasteiger partial charge in [0.05, 0.1) is 22.7 Å². The third kappa shape index (κ3) is 2.65. The molecule has 3 fully saturated rings. The Balaban J connectivity index is 1.37. The smallest absolute Gasteiger partial charge is 0.264 e. The topological polar surface area (TPSA) is 71.4 Å². The lowest BCUT2D eigenvalue weighted by atomic mass is 9.85. The minimum Gasteiger partial charge on any atom is -0.390 e. The standard InChI is InChI=1S/C25H28N6O/c1-16-19(23(2,3)32)7-10-30(16)21-12-22(28-15-27-21)31-20-11-18(6-5-17(20)13-29-31)25(26-4)14-24(25)8-9-24/h5-6,11-13,15-16,19,32H,7-10,14H2,1-3H3/t16-,19-,25-/m0/s1. The molecule has 32 heavy (non-hydrogen) atoms. The molecule has 1 saturated heterocycles. The summed E-state index contributed by atoms with van der Waals surface area (Å²) in [6.45, 7) is 14.6. The van der Waals surface area contributed by atoms with Gasteiger partial charge in [0.2, 0.25) is 0 Å². The lowest BCUT2D eigenvalue weighted by Crippen LogP contribution is -2.40. The zero-order valence-corrected chi connectivity index (χ0v) is 18.8. The normalized spacial score (nSPS) is 28.3. The van der Waals surface area contributed by atoms with Crippen LogP contribution >= 0.6 is 0 Å². The van der Waals surface area contributed by atoms with E-state index in [2.05, 4.69) is 49.9 Å². The molecule has 1 N–H and O–H groups in total. The molecule has 164 valence electrons. The lowest BCUT2D eigenvalue weighted by Gasteiger charge is -2.32. The Morgan fingerprint density at radius 3 is 2.62 bits per heavy atom. The number of anilines is 1. The monoisotopic (exact) mass is 428 g/mol. The highest BCUT2D eigenvalue weighted by Gasteiger charge is 2.82.